The first-order valence-corrected chi connectivity index (χ1v) is 12.8. The highest BCUT2D eigenvalue weighted by Gasteiger charge is 2.80. The molecule has 0 aromatic heterocycles. The SMILES string of the molecule is COCCN1CCN(C[C@@]23OC(=O)/C=C\C(=O)OC24OC(=O)/C=C\C(=O)OC4N(c2ccc(Cl)cc2)C3=O)CC1. The highest BCUT2D eigenvalue weighted by Crippen LogP contribution is 2.49. The van der Waals surface area contributed by atoms with E-state index in [9.17, 15) is 24.0 Å². The molecule has 4 heterocycles. The van der Waals surface area contributed by atoms with Crippen molar-refractivity contribution in [3.8, 4) is 0 Å². The van der Waals surface area contributed by atoms with Gasteiger partial charge in [0.2, 0.25) is 0 Å². The summed E-state index contributed by atoms with van der Waals surface area (Å²) in [5, 5.41) is 0.350. The quantitative estimate of drug-likeness (QED) is 0.333. The van der Waals surface area contributed by atoms with Crippen molar-refractivity contribution in [1.82, 2.24) is 9.80 Å². The molecule has 3 atom stereocenters. The van der Waals surface area contributed by atoms with E-state index >= 15 is 0 Å². The second-order valence-corrected chi connectivity index (χ2v) is 9.91. The van der Waals surface area contributed by atoms with Gasteiger partial charge in [0.1, 0.15) is 0 Å². The molecule has 0 bridgehead atoms. The largest absolute Gasteiger partial charge is 0.435 e. The number of hydrogen-bond donors (Lipinski definition) is 0. The fraction of sp³-hybridized carbons (Fsp3) is 0.423. The Bertz CT molecular complexity index is 1260. The Morgan fingerprint density at radius 3 is 1.98 bits per heavy atom. The molecule has 1 aromatic carbocycles. The predicted molar refractivity (Wildman–Crippen MR) is 136 cm³/mol. The zero-order valence-electron chi connectivity index (χ0n) is 21.4. The minimum Gasteiger partial charge on any atom is -0.435 e. The number of esters is 4. The Hall–Kier alpha value is -3.78. The number of anilines is 1. The van der Waals surface area contributed by atoms with Gasteiger partial charge in [-0.2, -0.15) is 0 Å². The first-order chi connectivity index (χ1) is 19.2. The number of benzene rings is 1. The molecule has 0 aliphatic carbocycles. The molecule has 212 valence electrons. The summed E-state index contributed by atoms with van der Waals surface area (Å²) in [5.74, 6) is -7.94. The summed E-state index contributed by atoms with van der Waals surface area (Å²) in [4.78, 5) is 70.8. The van der Waals surface area contributed by atoms with Gasteiger partial charge in [-0.25, -0.2) is 19.2 Å². The number of halogens is 1. The monoisotopic (exact) mass is 575 g/mol. The van der Waals surface area contributed by atoms with Crippen LogP contribution in [-0.4, -0.2) is 110 Å². The zero-order valence-corrected chi connectivity index (χ0v) is 22.2. The summed E-state index contributed by atoms with van der Waals surface area (Å²) in [5.41, 5.74) is -2.30. The lowest BCUT2D eigenvalue weighted by Gasteiger charge is -2.45. The Kier molecular flexibility index (Phi) is 7.64. The Balaban J connectivity index is 1.64. The predicted octanol–water partition coefficient (Wildman–Crippen LogP) is 0.0242. The molecule has 1 amide bonds. The van der Waals surface area contributed by atoms with E-state index in [1.807, 2.05) is 4.90 Å². The molecular formula is C26H26ClN3O10. The molecule has 4 aliphatic heterocycles. The number of ether oxygens (including phenoxy) is 5. The number of methoxy groups -OCH3 is 1. The first kappa shape index (κ1) is 27.8. The molecule has 2 unspecified atom stereocenters. The molecule has 0 N–H and O–H groups in total. The number of rotatable bonds is 6. The van der Waals surface area contributed by atoms with Crippen LogP contribution in [0.1, 0.15) is 0 Å². The van der Waals surface area contributed by atoms with Crippen molar-refractivity contribution in [1.29, 1.82) is 0 Å². The van der Waals surface area contributed by atoms with Gasteiger partial charge in [-0.05, 0) is 24.3 Å². The Labute approximate surface area is 233 Å². The van der Waals surface area contributed by atoms with Crippen LogP contribution >= 0.6 is 11.6 Å². The van der Waals surface area contributed by atoms with Crippen LogP contribution in [0.2, 0.25) is 5.02 Å². The molecule has 13 nitrogen and oxygen atoms in total. The molecular weight excluding hydrogens is 550 g/mol. The normalized spacial score (nSPS) is 30.9. The van der Waals surface area contributed by atoms with Gasteiger partial charge in [0.15, 0.2) is 0 Å². The molecule has 0 radical (unpaired) electrons. The van der Waals surface area contributed by atoms with E-state index in [-0.39, 0.29) is 12.2 Å². The maximum atomic E-state index is 14.5. The van der Waals surface area contributed by atoms with Crippen LogP contribution < -0.4 is 4.90 Å². The topological polar surface area (TPSA) is 141 Å². The smallest absolute Gasteiger partial charge is 0.365 e. The average Bonchev–Trinajstić information content (AvgIpc) is 3.08. The van der Waals surface area contributed by atoms with E-state index in [1.54, 1.807) is 7.11 Å². The van der Waals surface area contributed by atoms with E-state index in [4.69, 9.17) is 35.3 Å². The number of hydrogen-bond acceptors (Lipinski definition) is 12. The van der Waals surface area contributed by atoms with Crippen molar-refractivity contribution in [3.63, 3.8) is 0 Å². The fourth-order valence-electron chi connectivity index (χ4n) is 5.12. The van der Waals surface area contributed by atoms with Crippen molar-refractivity contribution in [2.45, 2.75) is 17.6 Å². The second kappa shape index (κ2) is 11.0. The van der Waals surface area contributed by atoms with Crippen molar-refractivity contribution in [2.75, 3.05) is 57.9 Å². The lowest BCUT2D eigenvalue weighted by atomic mass is 9.91. The lowest BCUT2D eigenvalue weighted by Crippen LogP contribution is -2.70. The fourth-order valence-corrected chi connectivity index (χ4v) is 5.24. The van der Waals surface area contributed by atoms with Crippen LogP contribution in [0.15, 0.2) is 48.6 Å². The van der Waals surface area contributed by atoms with Gasteiger partial charge in [-0.15, -0.1) is 0 Å². The van der Waals surface area contributed by atoms with Gasteiger partial charge in [-0.3, -0.25) is 19.5 Å². The minimum absolute atomic E-state index is 0.155. The number of amides is 1. The van der Waals surface area contributed by atoms with Gasteiger partial charge in [0, 0.05) is 74.8 Å². The van der Waals surface area contributed by atoms with E-state index in [2.05, 4.69) is 4.90 Å². The third-order valence-electron chi connectivity index (χ3n) is 7.03. The van der Waals surface area contributed by atoms with Crippen LogP contribution in [0.25, 0.3) is 0 Å². The summed E-state index contributed by atoms with van der Waals surface area (Å²) in [6.07, 6.45) is 1.31. The molecule has 1 aromatic rings. The Morgan fingerprint density at radius 1 is 0.825 bits per heavy atom. The van der Waals surface area contributed by atoms with E-state index in [0.29, 0.717) is 44.4 Å². The number of piperazine rings is 1. The second-order valence-electron chi connectivity index (χ2n) is 9.48. The molecule has 0 saturated carbocycles. The molecule has 40 heavy (non-hydrogen) atoms. The number of carbonyl (C=O) groups excluding carboxylic acids is 5. The Morgan fingerprint density at radius 2 is 1.38 bits per heavy atom. The minimum atomic E-state index is -2.70. The van der Waals surface area contributed by atoms with Crippen LogP contribution in [-0.2, 0) is 47.7 Å². The summed E-state index contributed by atoms with van der Waals surface area (Å²) in [7, 11) is 1.61. The highest BCUT2D eigenvalue weighted by atomic mass is 35.5. The number of nitrogens with zero attached hydrogens (tertiary/aromatic N) is 3. The zero-order chi connectivity index (χ0) is 28.5. The van der Waals surface area contributed by atoms with Crippen molar-refractivity contribution in [3.05, 3.63) is 53.6 Å². The van der Waals surface area contributed by atoms with Gasteiger partial charge in [-0.1, -0.05) is 11.6 Å². The summed E-state index contributed by atoms with van der Waals surface area (Å²) in [6.45, 7) is 2.93. The van der Waals surface area contributed by atoms with E-state index in [0.717, 1.165) is 29.2 Å². The summed E-state index contributed by atoms with van der Waals surface area (Å²) >= 11 is 6.05. The molecule has 2 fully saturated rings. The van der Waals surface area contributed by atoms with Crippen molar-refractivity contribution >= 4 is 47.1 Å². The summed E-state index contributed by atoms with van der Waals surface area (Å²) in [6, 6.07) is 5.89. The first-order valence-electron chi connectivity index (χ1n) is 12.5. The standard InChI is InChI=1S/C26H26ClN3O10/c1-36-15-14-28-10-12-29(13-11-28)16-25-23(35)30(18-4-2-17(27)3-5-18)24-26(25,39-21(33)7-6-19(31)37-24)40-22(34)9-8-20(32)38-25/h2-9,24H,10-16H2,1H3/b7-6-,9-8-/t24?,25-,26?/m0/s1. The molecule has 1 spiro atoms. The molecule has 4 aliphatic rings. The highest BCUT2D eigenvalue weighted by molar-refractivity contribution is 6.30. The van der Waals surface area contributed by atoms with Crippen LogP contribution in [0.5, 0.6) is 0 Å². The number of carbonyl (C=O) groups is 5. The maximum absolute atomic E-state index is 14.5. The van der Waals surface area contributed by atoms with Crippen molar-refractivity contribution in [2.24, 2.45) is 0 Å². The van der Waals surface area contributed by atoms with Gasteiger partial charge in [0.25, 0.3) is 17.7 Å². The lowest BCUT2D eigenvalue weighted by molar-refractivity contribution is -0.306. The molecule has 2 saturated heterocycles. The van der Waals surface area contributed by atoms with Crippen LogP contribution in [0.4, 0.5) is 5.69 Å². The van der Waals surface area contributed by atoms with Crippen LogP contribution in [0, 0.1) is 0 Å². The van der Waals surface area contributed by atoms with Gasteiger partial charge < -0.3 is 23.7 Å². The van der Waals surface area contributed by atoms with Gasteiger partial charge >= 0.3 is 29.7 Å². The maximum Gasteiger partial charge on any atom is 0.365 e. The van der Waals surface area contributed by atoms with E-state index < -0.39 is 47.4 Å². The molecule has 5 rings (SSSR count). The van der Waals surface area contributed by atoms with Crippen molar-refractivity contribution < 1.29 is 47.7 Å². The molecule has 14 heteroatoms. The summed E-state index contributed by atoms with van der Waals surface area (Å²) < 4.78 is 27.9. The van der Waals surface area contributed by atoms with Crippen LogP contribution in [0.3, 0.4) is 0 Å². The van der Waals surface area contributed by atoms with E-state index in [1.165, 1.54) is 24.3 Å². The van der Waals surface area contributed by atoms with Gasteiger partial charge in [0.05, 0.1) is 13.2 Å². The third-order valence-corrected chi connectivity index (χ3v) is 7.28. The average molecular weight is 576 g/mol. The third kappa shape index (κ3) is 4.96.